The summed E-state index contributed by atoms with van der Waals surface area (Å²) in [5.41, 5.74) is 2.06. The molecular formula is C22H20N6. The third-order valence-electron chi connectivity index (χ3n) is 5.09. The number of anilines is 2. The van der Waals surface area contributed by atoms with Crippen LogP contribution in [-0.2, 0) is 0 Å². The number of piperazine rings is 1. The Morgan fingerprint density at radius 2 is 1.29 bits per heavy atom. The van der Waals surface area contributed by atoms with Gasteiger partial charge < -0.3 is 9.80 Å². The van der Waals surface area contributed by atoms with E-state index in [2.05, 4.69) is 67.2 Å². The number of nitrogens with zero attached hydrogens (tertiary/aromatic N) is 6. The number of benzene rings is 2. The predicted octanol–water partition coefficient (Wildman–Crippen LogP) is 3.41. The van der Waals surface area contributed by atoms with E-state index < -0.39 is 0 Å². The lowest BCUT2D eigenvalue weighted by atomic mass is 10.1. The Balaban J connectivity index is 1.36. The first-order valence-electron chi connectivity index (χ1n) is 9.46. The molecule has 0 spiro atoms. The van der Waals surface area contributed by atoms with Crippen LogP contribution in [0.5, 0.6) is 0 Å². The Bertz CT molecular complexity index is 1090. The smallest absolute Gasteiger partial charge is 0.225 e. The average molecular weight is 368 g/mol. The van der Waals surface area contributed by atoms with Gasteiger partial charge >= 0.3 is 0 Å². The minimum atomic E-state index is 0.777. The van der Waals surface area contributed by atoms with Gasteiger partial charge in [-0.1, -0.05) is 36.4 Å². The van der Waals surface area contributed by atoms with Crippen molar-refractivity contribution in [2.75, 3.05) is 36.0 Å². The summed E-state index contributed by atoms with van der Waals surface area (Å²) in [6.07, 6.45) is 5.41. The lowest BCUT2D eigenvalue weighted by molar-refractivity contribution is 0.628. The third-order valence-corrected chi connectivity index (χ3v) is 5.09. The molecule has 4 aromatic rings. The summed E-state index contributed by atoms with van der Waals surface area (Å²) in [5.74, 6) is 1.56. The van der Waals surface area contributed by atoms with Gasteiger partial charge in [-0.05, 0) is 29.0 Å². The van der Waals surface area contributed by atoms with Gasteiger partial charge in [0, 0.05) is 50.3 Å². The summed E-state index contributed by atoms with van der Waals surface area (Å²) in [7, 11) is 0. The lowest BCUT2D eigenvalue weighted by Gasteiger charge is -2.34. The van der Waals surface area contributed by atoms with Gasteiger partial charge in [0.25, 0.3) is 0 Å². The molecule has 0 radical (unpaired) electrons. The van der Waals surface area contributed by atoms with Crippen molar-refractivity contribution >= 4 is 22.7 Å². The zero-order valence-corrected chi connectivity index (χ0v) is 15.4. The maximum Gasteiger partial charge on any atom is 0.225 e. The topological polar surface area (TPSA) is 58.0 Å². The molecule has 3 heterocycles. The molecule has 0 aliphatic carbocycles. The van der Waals surface area contributed by atoms with Crippen molar-refractivity contribution in [3.8, 4) is 11.3 Å². The molecule has 2 aromatic heterocycles. The molecule has 28 heavy (non-hydrogen) atoms. The quantitative estimate of drug-likeness (QED) is 0.552. The molecule has 0 amide bonds. The van der Waals surface area contributed by atoms with Crippen LogP contribution in [0.4, 0.5) is 11.9 Å². The van der Waals surface area contributed by atoms with E-state index in [-0.39, 0.29) is 0 Å². The Labute approximate surface area is 163 Å². The first-order valence-corrected chi connectivity index (χ1v) is 9.46. The van der Waals surface area contributed by atoms with Gasteiger partial charge in [-0.15, -0.1) is 0 Å². The van der Waals surface area contributed by atoms with Crippen molar-refractivity contribution in [2.24, 2.45) is 0 Å². The maximum absolute atomic E-state index is 4.84. The average Bonchev–Trinajstić information content (AvgIpc) is 2.79. The van der Waals surface area contributed by atoms with E-state index in [0.717, 1.165) is 49.3 Å². The summed E-state index contributed by atoms with van der Waals surface area (Å²) in [6.45, 7) is 3.40. The largest absolute Gasteiger partial charge is 0.337 e. The van der Waals surface area contributed by atoms with Crippen LogP contribution in [0.25, 0.3) is 22.0 Å². The van der Waals surface area contributed by atoms with Crippen molar-refractivity contribution in [2.45, 2.75) is 0 Å². The highest BCUT2D eigenvalue weighted by atomic mass is 15.3. The molecule has 1 aliphatic heterocycles. The van der Waals surface area contributed by atoms with Gasteiger partial charge in [0.2, 0.25) is 11.9 Å². The van der Waals surface area contributed by atoms with Crippen LogP contribution in [0.15, 0.2) is 73.2 Å². The highest BCUT2D eigenvalue weighted by Gasteiger charge is 2.20. The normalized spacial score (nSPS) is 14.4. The second-order valence-electron chi connectivity index (χ2n) is 6.83. The first kappa shape index (κ1) is 16.6. The number of fused-ring (bicyclic) bond motifs is 1. The molecule has 6 nitrogen and oxygen atoms in total. The number of rotatable bonds is 3. The Morgan fingerprint density at radius 1 is 0.607 bits per heavy atom. The highest BCUT2D eigenvalue weighted by Crippen LogP contribution is 2.24. The summed E-state index contributed by atoms with van der Waals surface area (Å²) in [6, 6.07) is 18.6. The van der Waals surface area contributed by atoms with Crippen LogP contribution in [0.2, 0.25) is 0 Å². The summed E-state index contributed by atoms with van der Waals surface area (Å²) >= 11 is 0. The van der Waals surface area contributed by atoms with E-state index in [1.807, 2.05) is 18.3 Å². The predicted molar refractivity (Wildman–Crippen MR) is 111 cm³/mol. The molecule has 0 atom stereocenters. The van der Waals surface area contributed by atoms with Crippen LogP contribution in [0, 0.1) is 0 Å². The van der Waals surface area contributed by atoms with Crippen LogP contribution >= 0.6 is 0 Å². The molecule has 0 bridgehead atoms. The van der Waals surface area contributed by atoms with Crippen LogP contribution in [-0.4, -0.2) is 46.1 Å². The van der Waals surface area contributed by atoms with Crippen LogP contribution in [0.3, 0.4) is 0 Å². The van der Waals surface area contributed by atoms with Crippen molar-refractivity contribution in [1.29, 1.82) is 0 Å². The molecule has 5 rings (SSSR count). The summed E-state index contributed by atoms with van der Waals surface area (Å²) in [4.78, 5) is 22.5. The molecule has 6 heteroatoms. The number of hydrogen-bond donors (Lipinski definition) is 0. The number of hydrogen-bond acceptors (Lipinski definition) is 6. The van der Waals surface area contributed by atoms with E-state index in [4.69, 9.17) is 4.98 Å². The number of aromatic nitrogens is 4. The van der Waals surface area contributed by atoms with Crippen molar-refractivity contribution in [3.05, 3.63) is 73.2 Å². The molecule has 1 fully saturated rings. The molecule has 2 aromatic carbocycles. The zero-order chi connectivity index (χ0) is 18.8. The molecular weight excluding hydrogens is 348 g/mol. The van der Waals surface area contributed by atoms with Gasteiger partial charge in [-0.25, -0.2) is 19.9 Å². The molecule has 0 unspecified atom stereocenters. The Hall–Kier alpha value is -3.54. The van der Waals surface area contributed by atoms with E-state index in [1.165, 1.54) is 10.8 Å². The van der Waals surface area contributed by atoms with E-state index >= 15 is 0 Å². The SMILES string of the molecule is c1cnc(N2CCN(c3nccc(-c4ccc5ccccc5c4)n3)CC2)nc1. The van der Waals surface area contributed by atoms with Gasteiger partial charge in [0.15, 0.2) is 0 Å². The maximum atomic E-state index is 4.84. The van der Waals surface area contributed by atoms with Gasteiger partial charge in [-0.3, -0.25) is 0 Å². The molecule has 1 aliphatic rings. The fraction of sp³-hybridized carbons (Fsp3) is 0.182. The van der Waals surface area contributed by atoms with Crippen LogP contribution in [0.1, 0.15) is 0 Å². The van der Waals surface area contributed by atoms with Crippen molar-refractivity contribution in [3.63, 3.8) is 0 Å². The van der Waals surface area contributed by atoms with Crippen molar-refractivity contribution < 1.29 is 0 Å². The molecule has 1 saturated heterocycles. The fourth-order valence-electron chi connectivity index (χ4n) is 3.57. The highest BCUT2D eigenvalue weighted by molar-refractivity contribution is 5.86. The Kier molecular flexibility index (Phi) is 4.29. The third kappa shape index (κ3) is 3.24. The van der Waals surface area contributed by atoms with Gasteiger partial charge in [0.05, 0.1) is 5.69 Å². The zero-order valence-electron chi connectivity index (χ0n) is 15.4. The monoisotopic (exact) mass is 368 g/mol. The van der Waals surface area contributed by atoms with Crippen molar-refractivity contribution in [1.82, 2.24) is 19.9 Å². The lowest BCUT2D eigenvalue weighted by Crippen LogP contribution is -2.47. The molecule has 138 valence electrons. The van der Waals surface area contributed by atoms with Gasteiger partial charge in [0.1, 0.15) is 0 Å². The second kappa shape index (κ2) is 7.23. The summed E-state index contributed by atoms with van der Waals surface area (Å²) in [5, 5.41) is 2.46. The van der Waals surface area contributed by atoms with E-state index in [0.29, 0.717) is 0 Å². The van der Waals surface area contributed by atoms with Crippen LogP contribution < -0.4 is 9.80 Å². The second-order valence-corrected chi connectivity index (χ2v) is 6.83. The summed E-state index contributed by atoms with van der Waals surface area (Å²) < 4.78 is 0. The Morgan fingerprint density at radius 3 is 2.07 bits per heavy atom. The minimum absolute atomic E-state index is 0.777. The standard InChI is InChI=1S/C22H20N6/c1-2-5-18-16-19(7-6-17(18)4-1)20-8-11-25-22(26-20)28-14-12-27(13-15-28)21-23-9-3-10-24-21/h1-11,16H,12-15H2. The van der Waals surface area contributed by atoms with Gasteiger partial charge in [-0.2, -0.15) is 0 Å². The molecule has 0 N–H and O–H groups in total. The van der Waals surface area contributed by atoms with E-state index in [9.17, 15) is 0 Å². The molecule has 0 saturated carbocycles. The van der Waals surface area contributed by atoms with E-state index in [1.54, 1.807) is 12.4 Å². The fourth-order valence-corrected chi connectivity index (χ4v) is 3.57. The first-order chi connectivity index (χ1) is 13.9. The minimum Gasteiger partial charge on any atom is -0.337 e.